The van der Waals surface area contributed by atoms with Gasteiger partial charge in [-0.2, -0.15) is 0 Å². The molecule has 1 saturated heterocycles. The third kappa shape index (κ3) is 2.92. The minimum absolute atomic E-state index is 0.529. The number of rotatable bonds is 3. The SMILES string of the molecule is Cc1nc2ccccc2n1C1CCN(Cc2ccncc2Cl)CC1. The lowest BCUT2D eigenvalue weighted by Crippen LogP contribution is -2.34. The standard InChI is InChI=1S/C19H21ClN4/c1-14-22-18-4-2-3-5-19(18)24(14)16-7-10-23(11-8-16)13-15-6-9-21-12-17(15)20/h2-6,9,12,16H,7-8,10-11,13H2,1H3. The van der Waals surface area contributed by atoms with Crippen molar-refractivity contribution in [2.24, 2.45) is 0 Å². The fourth-order valence-electron chi connectivity index (χ4n) is 3.73. The molecule has 1 fully saturated rings. The van der Waals surface area contributed by atoms with Gasteiger partial charge in [0, 0.05) is 38.1 Å². The van der Waals surface area contributed by atoms with Gasteiger partial charge in [0.25, 0.3) is 0 Å². The minimum atomic E-state index is 0.529. The average Bonchev–Trinajstić information content (AvgIpc) is 2.93. The van der Waals surface area contributed by atoms with E-state index in [1.54, 1.807) is 6.20 Å². The van der Waals surface area contributed by atoms with Crippen LogP contribution in [0.2, 0.25) is 5.02 Å². The van der Waals surface area contributed by atoms with Gasteiger partial charge < -0.3 is 4.57 Å². The Labute approximate surface area is 147 Å². The van der Waals surface area contributed by atoms with Crippen molar-refractivity contribution < 1.29 is 0 Å². The van der Waals surface area contributed by atoms with Gasteiger partial charge in [0.15, 0.2) is 0 Å². The molecule has 4 nitrogen and oxygen atoms in total. The van der Waals surface area contributed by atoms with Gasteiger partial charge in [-0.05, 0) is 43.5 Å². The van der Waals surface area contributed by atoms with Crippen LogP contribution in [0.5, 0.6) is 0 Å². The highest BCUT2D eigenvalue weighted by molar-refractivity contribution is 6.31. The second kappa shape index (κ2) is 6.54. The predicted octanol–water partition coefficient (Wildman–Crippen LogP) is 4.23. The minimum Gasteiger partial charge on any atom is -0.325 e. The smallest absolute Gasteiger partial charge is 0.106 e. The van der Waals surface area contributed by atoms with E-state index in [0.29, 0.717) is 6.04 Å². The number of hydrogen-bond acceptors (Lipinski definition) is 3. The molecule has 0 N–H and O–H groups in total. The lowest BCUT2D eigenvalue weighted by atomic mass is 10.0. The van der Waals surface area contributed by atoms with Gasteiger partial charge in [-0.25, -0.2) is 4.98 Å². The molecule has 0 amide bonds. The van der Waals surface area contributed by atoms with Crippen LogP contribution in [0.3, 0.4) is 0 Å². The van der Waals surface area contributed by atoms with E-state index >= 15 is 0 Å². The quantitative estimate of drug-likeness (QED) is 0.715. The number of nitrogens with zero attached hydrogens (tertiary/aromatic N) is 4. The first-order valence-corrected chi connectivity index (χ1v) is 8.84. The van der Waals surface area contributed by atoms with Gasteiger partial charge >= 0.3 is 0 Å². The van der Waals surface area contributed by atoms with Crippen molar-refractivity contribution in [2.45, 2.75) is 32.4 Å². The number of benzene rings is 1. The van der Waals surface area contributed by atoms with E-state index in [2.05, 4.69) is 45.6 Å². The lowest BCUT2D eigenvalue weighted by molar-refractivity contribution is 0.180. The van der Waals surface area contributed by atoms with Crippen LogP contribution >= 0.6 is 11.6 Å². The molecule has 0 radical (unpaired) electrons. The highest BCUT2D eigenvalue weighted by atomic mass is 35.5. The molecular formula is C19H21ClN4. The Balaban J connectivity index is 1.48. The Morgan fingerprint density at radius 2 is 1.96 bits per heavy atom. The summed E-state index contributed by atoms with van der Waals surface area (Å²) in [7, 11) is 0. The number of pyridine rings is 1. The number of piperidine rings is 1. The number of aromatic nitrogens is 3. The summed E-state index contributed by atoms with van der Waals surface area (Å²) in [5.74, 6) is 1.12. The summed E-state index contributed by atoms with van der Waals surface area (Å²) in [5, 5.41) is 0.760. The number of para-hydroxylation sites is 2. The van der Waals surface area contributed by atoms with Crippen LogP contribution in [-0.4, -0.2) is 32.5 Å². The maximum Gasteiger partial charge on any atom is 0.106 e. The van der Waals surface area contributed by atoms with E-state index in [9.17, 15) is 0 Å². The van der Waals surface area contributed by atoms with E-state index in [1.165, 1.54) is 5.52 Å². The lowest BCUT2D eigenvalue weighted by Gasteiger charge is -2.33. The molecular weight excluding hydrogens is 320 g/mol. The van der Waals surface area contributed by atoms with Crippen LogP contribution < -0.4 is 0 Å². The van der Waals surface area contributed by atoms with Crippen LogP contribution in [0, 0.1) is 6.92 Å². The maximum atomic E-state index is 6.24. The molecule has 4 rings (SSSR count). The van der Waals surface area contributed by atoms with E-state index in [4.69, 9.17) is 16.6 Å². The second-order valence-corrected chi connectivity index (χ2v) is 6.90. The summed E-state index contributed by atoms with van der Waals surface area (Å²) >= 11 is 6.24. The molecule has 24 heavy (non-hydrogen) atoms. The first kappa shape index (κ1) is 15.6. The maximum absolute atomic E-state index is 6.24. The number of hydrogen-bond donors (Lipinski definition) is 0. The first-order valence-electron chi connectivity index (χ1n) is 8.46. The van der Waals surface area contributed by atoms with Crippen molar-refractivity contribution in [3.63, 3.8) is 0 Å². The predicted molar refractivity (Wildman–Crippen MR) is 97.3 cm³/mol. The molecule has 5 heteroatoms. The average molecular weight is 341 g/mol. The number of imidazole rings is 1. The van der Waals surface area contributed by atoms with E-state index in [1.807, 2.05) is 12.3 Å². The zero-order valence-electron chi connectivity index (χ0n) is 13.8. The Morgan fingerprint density at radius 3 is 2.75 bits per heavy atom. The largest absolute Gasteiger partial charge is 0.325 e. The van der Waals surface area contributed by atoms with Crippen molar-refractivity contribution in [1.82, 2.24) is 19.4 Å². The molecule has 0 spiro atoms. The van der Waals surface area contributed by atoms with Crippen LogP contribution in [0.25, 0.3) is 11.0 Å². The highest BCUT2D eigenvalue weighted by Crippen LogP contribution is 2.29. The highest BCUT2D eigenvalue weighted by Gasteiger charge is 2.23. The zero-order valence-corrected chi connectivity index (χ0v) is 14.6. The van der Waals surface area contributed by atoms with Crippen molar-refractivity contribution in [2.75, 3.05) is 13.1 Å². The summed E-state index contributed by atoms with van der Waals surface area (Å²) in [6.45, 7) is 5.17. The molecule has 2 aromatic heterocycles. The van der Waals surface area contributed by atoms with Crippen LogP contribution in [0.15, 0.2) is 42.7 Å². The molecule has 0 unspecified atom stereocenters. The molecule has 0 bridgehead atoms. The van der Waals surface area contributed by atoms with Gasteiger partial charge in [0.2, 0.25) is 0 Å². The zero-order chi connectivity index (χ0) is 16.5. The Morgan fingerprint density at radius 1 is 1.17 bits per heavy atom. The summed E-state index contributed by atoms with van der Waals surface area (Å²) in [5.41, 5.74) is 3.51. The molecule has 0 saturated carbocycles. The van der Waals surface area contributed by atoms with Gasteiger partial charge in [0.1, 0.15) is 5.82 Å². The molecule has 1 aliphatic rings. The summed E-state index contributed by atoms with van der Waals surface area (Å²) in [4.78, 5) is 11.3. The second-order valence-electron chi connectivity index (χ2n) is 6.49. The van der Waals surface area contributed by atoms with Gasteiger partial charge in [-0.3, -0.25) is 9.88 Å². The summed E-state index contributed by atoms with van der Waals surface area (Å²) < 4.78 is 2.42. The van der Waals surface area contributed by atoms with Gasteiger partial charge in [-0.1, -0.05) is 23.7 Å². The third-order valence-electron chi connectivity index (χ3n) is 4.94. The molecule has 1 aliphatic heterocycles. The van der Waals surface area contributed by atoms with E-state index in [0.717, 1.165) is 54.4 Å². The van der Waals surface area contributed by atoms with Crippen LogP contribution in [0.4, 0.5) is 0 Å². The fourth-order valence-corrected chi connectivity index (χ4v) is 3.91. The monoisotopic (exact) mass is 340 g/mol. The number of halogens is 1. The van der Waals surface area contributed by atoms with E-state index < -0.39 is 0 Å². The third-order valence-corrected chi connectivity index (χ3v) is 5.29. The Kier molecular flexibility index (Phi) is 4.25. The number of fused-ring (bicyclic) bond motifs is 1. The normalized spacial score (nSPS) is 16.8. The van der Waals surface area contributed by atoms with Crippen molar-refractivity contribution >= 4 is 22.6 Å². The van der Waals surface area contributed by atoms with Crippen molar-refractivity contribution in [3.8, 4) is 0 Å². The Bertz CT molecular complexity index is 849. The topological polar surface area (TPSA) is 34.0 Å². The molecule has 124 valence electrons. The fraction of sp³-hybridized carbons (Fsp3) is 0.368. The molecule has 0 aliphatic carbocycles. The van der Waals surface area contributed by atoms with Crippen LogP contribution in [-0.2, 0) is 6.54 Å². The molecule has 3 aromatic rings. The summed E-state index contributed by atoms with van der Waals surface area (Å²) in [6.07, 6.45) is 5.83. The van der Waals surface area contributed by atoms with E-state index in [-0.39, 0.29) is 0 Å². The van der Waals surface area contributed by atoms with Gasteiger partial charge in [0.05, 0.1) is 16.1 Å². The molecule has 0 atom stereocenters. The van der Waals surface area contributed by atoms with Crippen LogP contribution in [0.1, 0.15) is 30.3 Å². The first-order chi connectivity index (χ1) is 11.7. The molecule has 3 heterocycles. The van der Waals surface area contributed by atoms with Crippen molar-refractivity contribution in [3.05, 3.63) is 59.1 Å². The number of likely N-dealkylation sites (tertiary alicyclic amines) is 1. The van der Waals surface area contributed by atoms with Crippen molar-refractivity contribution in [1.29, 1.82) is 0 Å². The molecule has 1 aromatic carbocycles. The summed E-state index contributed by atoms with van der Waals surface area (Å²) in [6, 6.07) is 11.0. The Hall–Kier alpha value is -1.91. The van der Waals surface area contributed by atoms with Gasteiger partial charge in [-0.15, -0.1) is 0 Å². The number of aryl methyl sites for hydroxylation is 1.